The lowest BCUT2D eigenvalue weighted by Gasteiger charge is -2.07. The van der Waals surface area contributed by atoms with E-state index >= 15 is 0 Å². The van der Waals surface area contributed by atoms with Gasteiger partial charge in [-0.3, -0.25) is 14.9 Å². The molecule has 2 aromatic rings. The van der Waals surface area contributed by atoms with Crippen LogP contribution in [0.5, 0.6) is 5.75 Å². The topological polar surface area (TPSA) is 87.3 Å². The summed E-state index contributed by atoms with van der Waals surface area (Å²) in [5.74, 6) is 0.368. The van der Waals surface area contributed by atoms with Gasteiger partial charge in [-0.05, 0) is 34.2 Å². The number of non-ortho nitro benzene ring substituents is 1. The molecule has 0 unspecified atom stereocenters. The molecule has 0 aliphatic heterocycles. The number of halogens is 1. The average Bonchev–Trinajstić information content (AvgIpc) is 2.41. The van der Waals surface area contributed by atoms with E-state index in [0.29, 0.717) is 11.3 Å². The van der Waals surface area contributed by atoms with Crippen molar-refractivity contribution in [1.29, 1.82) is 0 Å². The highest BCUT2D eigenvalue weighted by atomic mass is 127. The van der Waals surface area contributed by atoms with Crippen LogP contribution in [0.1, 0.15) is 5.56 Å². The van der Waals surface area contributed by atoms with Gasteiger partial charge in [0.2, 0.25) is 0 Å². The van der Waals surface area contributed by atoms with Crippen LogP contribution in [0, 0.1) is 13.7 Å². The monoisotopic (exact) mass is 387 g/mol. The number of nitro groups is 1. The van der Waals surface area contributed by atoms with Gasteiger partial charge < -0.3 is 4.74 Å². The van der Waals surface area contributed by atoms with E-state index < -0.39 is 4.92 Å². The summed E-state index contributed by atoms with van der Waals surface area (Å²) in [5, 5.41) is 14.8. The molecular weight excluding hydrogens is 377 g/mol. The maximum Gasteiger partial charge on any atom is 0.273 e. The zero-order valence-corrected chi connectivity index (χ0v) is 12.6. The number of ether oxygens (including phenoxy) is 1. The van der Waals surface area contributed by atoms with Crippen LogP contribution in [-0.4, -0.2) is 21.8 Å². The van der Waals surface area contributed by atoms with Crippen LogP contribution in [-0.2, 0) is 6.54 Å². The molecule has 7 nitrogen and oxygen atoms in total. The number of nitro benzene ring substituents is 1. The van der Waals surface area contributed by atoms with Gasteiger partial charge in [0.05, 0.1) is 30.8 Å². The van der Waals surface area contributed by atoms with E-state index in [1.807, 2.05) is 22.6 Å². The summed E-state index contributed by atoms with van der Waals surface area (Å²) in [6.07, 6.45) is 1.55. The van der Waals surface area contributed by atoms with Gasteiger partial charge in [-0.25, -0.2) is 4.68 Å². The summed E-state index contributed by atoms with van der Waals surface area (Å²) in [6.45, 7) is 0.147. The third-order valence-electron chi connectivity index (χ3n) is 2.57. The Kier molecular flexibility index (Phi) is 4.32. The van der Waals surface area contributed by atoms with Crippen molar-refractivity contribution in [3.63, 3.8) is 0 Å². The highest BCUT2D eigenvalue weighted by Crippen LogP contribution is 2.22. The fraction of sp³-hybridized carbons (Fsp3) is 0.167. The van der Waals surface area contributed by atoms with Gasteiger partial charge in [0.25, 0.3) is 11.2 Å². The van der Waals surface area contributed by atoms with Crippen molar-refractivity contribution in [2.24, 2.45) is 0 Å². The Morgan fingerprint density at radius 2 is 2.15 bits per heavy atom. The molecule has 2 rings (SSSR count). The van der Waals surface area contributed by atoms with Gasteiger partial charge in [-0.15, -0.1) is 0 Å². The minimum absolute atomic E-state index is 0.0853. The van der Waals surface area contributed by atoms with E-state index in [9.17, 15) is 14.9 Å². The Morgan fingerprint density at radius 3 is 2.75 bits per heavy atom. The molecule has 0 amide bonds. The van der Waals surface area contributed by atoms with E-state index in [2.05, 4.69) is 5.10 Å². The lowest BCUT2D eigenvalue weighted by atomic mass is 10.2. The zero-order valence-electron chi connectivity index (χ0n) is 10.4. The smallest absolute Gasteiger partial charge is 0.273 e. The van der Waals surface area contributed by atoms with Crippen molar-refractivity contribution in [2.75, 3.05) is 7.11 Å². The molecule has 0 N–H and O–H groups in total. The standard InChI is InChI=1S/C12H10IN3O4/c1-20-11-3-8(2-10(5-11)16(18)19)7-15-12(17)4-9(13)6-14-15/h2-6H,7H2,1H3. The van der Waals surface area contributed by atoms with Crippen LogP contribution in [0.3, 0.4) is 0 Å². The highest BCUT2D eigenvalue weighted by molar-refractivity contribution is 14.1. The first-order valence-electron chi connectivity index (χ1n) is 5.54. The third kappa shape index (κ3) is 3.32. The predicted molar refractivity (Wildman–Crippen MR) is 80.0 cm³/mol. The van der Waals surface area contributed by atoms with Crippen LogP contribution in [0.15, 0.2) is 35.3 Å². The fourth-order valence-corrected chi connectivity index (χ4v) is 2.05. The molecule has 0 aliphatic rings. The Morgan fingerprint density at radius 1 is 1.40 bits per heavy atom. The summed E-state index contributed by atoms with van der Waals surface area (Å²) in [5.41, 5.74) is 0.229. The van der Waals surface area contributed by atoms with Crippen LogP contribution < -0.4 is 10.3 Å². The Labute approximate surface area is 127 Å². The van der Waals surface area contributed by atoms with Gasteiger partial charge in [0, 0.05) is 15.7 Å². The van der Waals surface area contributed by atoms with Crippen LogP contribution in [0.2, 0.25) is 0 Å². The molecule has 8 heteroatoms. The van der Waals surface area contributed by atoms with Gasteiger partial charge >= 0.3 is 0 Å². The van der Waals surface area contributed by atoms with Crippen LogP contribution >= 0.6 is 22.6 Å². The second kappa shape index (κ2) is 5.99. The average molecular weight is 387 g/mol. The quantitative estimate of drug-likeness (QED) is 0.454. The molecule has 1 heterocycles. The third-order valence-corrected chi connectivity index (χ3v) is 3.16. The normalized spacial score (nSPS) is 10.3. The first-order valence-corrected chi connectivity index (χ1v) is 6.62. The molecular formula is C12H10IN3O4. The minimum Gasteiger partial charge on any atom is -0.496 e. The van der Waals surface area contributed by atoms with Gasteiger partial charge in [0.1, 0.15) is 5.75 Å². The van der Waals surface area contributed by atoms with Crippen molar-refractivity contribution < 1.29 is 9.66 Å². The summed E-state index contributed by atoms with van der Waals surface area (Å²) in [7, 11) is 1.43. The summed E-state index contributed by atoms with van der Waals surface area (Å²) in [4.78, 5) is 22.1. The summed E-state index contributed by atoms with van der Waals surface area (Å²) >= 11 is 1.99. The van der Waals surface area contributed by atoms with E-state index in [-0.39, 0.29) is 17.8 Å². The Bertz CT molecular complexity index is 714. The Balaban J connectivity index is 2.40. The van der Waals surface area contributed by atoms with Crippen molar-refractivity contribution in [2.45, 2.75) is 6.54 Å². The molecule has 1 aromatic heterocycles. The summed E-state index contributed by atoms with van der Waals surface area (Å²) < 4.78 is 6.99. The number of nitrogens with zero attached hydrogens (tertiary/aromatic N) is 3. The lowest BCUT2D eigenvalue weighted by molar-refractivity contribution is -0.385. The van der Waals surface area contributed by atoms with Crippen molar-refractivity contribution in [3.05, 3.63) is 60.1 Å². The molecule has 0 radical (unpaired) electrons. The maximum atomic E-state index is 11.7. The molecule has 1 aromatic carbocycles. The SMILES string of the molecule is COc1cc(Cn2ncc(I)cc2=O)cc([N+](=O)[O-])c1. The number of benzene rings is 1. The molecule has 0 saturated carbocycles. The lowest BCUT2D eigenvalue weighted by Crippen LogP contribution is -2.22. The van der Waals surface area contributed by atoms with Gasteiger partial charge in [0.15, 0.2) is 0 Å². The summed E-state index contributed by atoms with van der Waals surface area (Å²) in [6, 6.07) is 5.81. The first kappa shape index (κ1) is 14.4. The maximum absolute atomic E-state index is 11.7. The number of aromatic nitrogens is 2. The molecule has 0 bridgehead atoms. The minimum atomic E-state index is -0.504. The van der Waals surface area contributed by atoms with Gasteiger partial charge in [-0.1, -0.05) is 0 Å². The molecule has 20 heavy (non-hydrogen) atoms. The molecule has 0 aliphatic carbocycles. The Hall–Kier alpha value is -1.97. The van der Waals surface area contributed by atoms with Crippen LogP contribution in [0.25, 0.3) is 0 Å². The largest absolute Gasteiger partial charge is 0.496 e. The number of hydrogen-bond acceptors (Lipinski definition) is 5. The highest BCUT2D eigenvalue weighted by Gasteiger charge is 2.11. The predicted octanol–water partition coefficient (Wildman–Crippen LogP) is 1.81. The van der Waals surface area contributed by atoms with Crippen LogP contribution in [0.4, 0.5) is 5.69 Å². The fourth-order valence-electron chi connectivity index (χ4n) is 1.66. The van der Waals surface area contributed by atoms with E-state index in [0.717, 1.165) is 3.57 Å². The van der Waals surface area contributed by atoms with Gasteiger partial charge in [-0.2, -0.15) is 5.10 Å². The number of methoxy groups -OCH3 is 1. The van der Waals surface area contributed by atoms with Crippen molar-refractivity contribution in [3.8, 4) is 5.75 Å². The molecule has 0 spiro atoms. The molecule has 104 valence electrons. The first-order chi connectivity index (χ1) is 9.49. The number of rotatable bonds is 4. The van der Waals surface area contributed by atoms with E-state index in [1.165, 1.54) is 30.0 Å². The molecule has 0 fully saturated rings. The van der Waals surface area contributed by atoms with E-state index in [1.54, 1.807) is 12.3 Å². The second-order valence-corrected chi connectivity index (χ2v) is 5.21. The molecule has 0 atom stereocenters. The molecule has 0 saturated heterocycles. The van der Waals surface area contributed by atoms with Crippen molar-refractivity contribution in [1.82, 2.24) is 9.78 Å². The van der Waals surface area contributed by atoms with E-state index in [4.69, 9.17) is 4.74 Å². The zero-order chi connectivity index (χ0) is 14.7. The van der Waals surface area contributed by atoms with Crippen molar-refractivity contribution >= 4 is 28.3 Å². The second-order valence-electron chi connectivity index (χ2n) is 3.97. The number of hydrogen-bond donors (Lipinski definition) is 0.